The molecule has 2 N–H and O–H groups in total. The molecule has 1 unspecified atom stereocenters. The Hall–Kier alpha value is -2.74. The minimum Gasteiger partial charge on any atom is -0.507 e. The highest BCUT2D eigenvalue weighted by Crippen LogP contribution is 2.28. The number of carboxylic acid groups (broad SMARTS) is 1. The van der Waals surface area contributed by atoms with Crippen molar-refractivity contribution in [2.45, 2.75) is 23.7 Å². The molecule has 0 aromatic heterocycles. The predicted molar refractivity (Wildman–Crippen MR) is 90.0 cm³/mol. The van der Waals surface area contributed by atoms with E-state index in [1.165, 1.54) is 37.4 Å². The molecule has 0 aliphatic carbocycles. The molecule has 2 aromatic carbocycles. The van der Waals surface area contributed by atoms with Gasteiger partial charge >= 0.3 is 5.97 Å². The molecule has 0 spiro atoms. The number of methoxy groups -OCH3 is 1. The van der Waals surface area contributed by atoms with Gasteiger partial charge in [0, 0.05) is 6.07 Å². The van der Waals surface area contributed by atoms with E-state index in [9.17, 15) is 18.3 Å². The number of carboxylic acids is 1. The molecular weight excluding hydrogens is 348 g/mol. The van der Waals surface area contributed by atoms with Crippen molar-refractivity contribution in [3.05, 3.63) is 48.0 Å². The molecule has 1 atom stereocenters. The van der Waals surface area contributed by atoms with Crippen LogP contribution in [0.25, 0.3) is 0 Å². The summed E-state index contributed by atoms with van der Waals surface area (Å²) in [4.78, 5) is 11.0. The Bertz CT molecular complexity index is 857. The SMILES string of the molecule is CCC(Oc1ccc(C(=O)O)c(O)c1)S(=O)(=O)c1ccc(OC)cc1. The van der Waals surface area contributed by atoms with Gasteiger partial charge in [-0.15, -0.1) is 0 Å². The van der Waals surface area contributed by atoms with Crippen molar-refractivity contribution < 1.29 is 32.9 Å². The van der Waals surface area contributed by atoms with Gasteiger partial charge in [0.1, 0.15) is 22.8 Å². The number of aromatic carboxylic acids is 1. The highest BCUT2D eigenvalue weighted by molar-refractivity contribution is 7.92. The average molecular weight is 366 g/mol. The van der Waals surface area contributed by atoms with Gasteiger partial charge in [-0.2, -0.15) is 0 Å². The summed E-state index contributed by atoms with van der Waals surface area (Å²) in [6, 6.07) is 9.45. The van der Waals surface area contributed by atoms with E-state index in [2.05, 4.69) is 0 Å². The van der Waals surface area contributed by atoms with E-state index in [0.29, 0.717) is 5.75 Å². The largest absolute Gasteiger partial charge is 0.507 e. The van der Waals surface area contributed by atoms with Crippen LogP contribution in [0, 0.1) is 0 Å². The van der Waals surface area contributed by atoms with Crippen LogP contribution >= 0.6 is 0 Å². The number of ether oxygens (including phenoxy) is 2. The molecule has 134 valence electrons. The van der Waals surface area contributed by atoms with Gasteiger partial charge < -0.3 is 19.7 Å². The fourth-order valence-corrected chi connectivity index (χ4v) is 3.70. The second kappa shape index (κ2) is 7.43. The van der Waals surface area contributed by atoms with Crippen LogP contribution in [0.4, 0.5) is 0 Å². The summed E-state index contributed by atoms with van der Waals surface area (Å²) in [7, 11) is -2.31. The molecule has 2 aromatic rings. The van der Waals surface area contributed by atoms with E-state index in [1.807, 2.05) is 0 Å². The van der Waals surface area contributed by atoms with Crippen molar-refractivity contribution in [3.8, 4) is 17.2 Å². The monoisotopic (exact) mass is 366 g/mol. The quantitative estimate of drug-likeness (QED) is 0.775. The van der Waals surface area contributed by atoms with E-state index in [1.54, 1.807) is 6.92 Å². The van der Waals surface area contributed by atoms with Crippen molar-refractivity contribution in [3.63, 3.8) is 0 Å². The number of phenols is 1. The lowest BCUT2D eigenvalue weighted by molar-refractivity contribution is 0.0693. The summed E-state index contributed by atoms with van der Waals surface area (Å²) in [6.45, 7) is 1.65. The third-order valence-electron chi connectivity index (χ3n) is 3.53. The third-order valence-corrected chi connectivity index (χ3v) is 5.59. The Morgan fingerprint density at radius 2 is 1.72 bits per heavy atom. The molecule has 0 heterocycles. The van der Waals surface area contributed by atoms with Crippen LogP contribution in [0.5, 0.6) is 17.2 Å². The van der Waals surface area contributed by atoms with Gasteiger partial charge in [0.05, 0.1) is 12.0 Å². The van der Waals surface area contributed by atoms with Crippen LogP contribution in [0.15, 0.2) is 47.4 Å². The van der Waals surface area contributed by atoms with Gasteiger partial charge in [0.15, 0.2) is 0 Å². The summed E-state index contributed by atoms with van der Waals surface area (Å²) < 4.78 is 35.9. The highest BCUT2D eigenvalue weighted by Gasteiger charge is 2.28. The Labute approximate surface area is 145 Å². The van der Waals surface area contributed by atoms with Crippen LogP contribution < -0.4 is 9.47 Å². The first-order valence-electron chi connectivity index (χ1n) is 7.40. The lowest BCUT2D eigenvalue weighted by Gasteiger charge is -2.18. The number of aromatic hydroxyl groups is 1. The summed E-state index contributed by atoms with van der Waals surface area (Å²) in [5, 5.41) is 18.6. The fourth-order valence-electron chi connectivity index (χ4n) is 2.20. The molecule has 0 saturated heterocycles. The van der Waals surface area contributed by atoms with Gasteiger partial charge in [-0.25, -0.2) is 13.2 Å². The number of hydrogen-bond acceptors (Lipinski definition) is 6. The molecule has 7 nitrogen and oxygen atoms in total. The molecule has 0 saturated carbocycles. The van der Waals surface area contributed by atoms with Crippen LogP contribution in [0.2, 0.25) is 0 Å². The maximum absolute atomic E-state index is 12.7. The maximum Gasteiger partial charge on any atom is 0.339 e. The molecule has 0 bridgehead atoms. The molecule has 0 fully saturated rings. The van der Waals surface area contributed by atoms with E-state index in [0.717, 1.165) is 12.1 Å². The Kier molecular flexibility index (Phi) is 5.53. The number of rotatable bonds is 7. The molecule has 0 aliphatic heterocycles. The third kappa shape index (κ3) is 4.03. The van der Waals surface area contributed by atoms with Crippen molar-refractivity contribution in [1.29, 1.82) is 0 Å². The van der Waals surface area contributed by atoms with Gasteiger partial charge in [-0.1, -0.05) is 6.92 Å². The Morgan fingerprint density at radius 3 is 2.20 bits per heavy atom. The van der Waals surface area contributed by atoms with Gasteiger partial charge in [-0.3, -0.25) is 0 Å². The Balaban J connectivity index is 2.29. The first kappa shape index (κ1) is 18.6. The average Bonchev–Trinajstić information content (AvgIpc) is 2.59. The maximum atomic E-state index is 12.7. The molecule has 0 amide bonds. The van der Waals surface area contributed by atoms with Crippen LogP contribution in [-0.4, -0.2) is 37.1 Å². The zero-order chi connectivity index (χ0) is 18.6. The highest BCUT2D eigenvalue weighted by atomic mass is 32.2. The smallest absolute Gasteiger partial charge is 0.339 e. The van der Waals surface area contributed by atoms with Crippen molar-refractivity contribution in [1.82, 2.24) is 0 Å². The normalized spacial score (nSPS) is 12.4. The minimum atomic E-state index is -3.79. The van der Waals surface area contributed by atoms with E-state index < -0.39 is 27.0 Å². The van der Waals surface area contributed by atoms with E-state index in [4.69, 9.17) is 14.6 Å². The Morgan fingerprint density at radius 1 is 1.12 bits per heavy atom. The second-order valence-corrected chi connectivity index (χ2v) is 7.25. The summed E-state index contributed by atoms with van der Waals surface area (Å²) in [5.74, 6) is -1.20. The molecule has 0 aliphatic rings. The minimum absolute atomic E-state index is 0.0615. The van der Waals surface area contributed by atoms with Crippen LogP contribution in [0.1, 0.15) is 23.7 Å². The molecule has 25 heavy (non-hydrogen) atoms. The zero-order valence-corrected chi connectivity index (χ0v) is 14.5. The van der Waals surface area contributed by atoms with Crippen molar-refractivity contribution in [2.75, 3.05) is 7.11 Å². The summed E-state index contributed by atoms with van der Waals surface area (Å²) >= 11 is 0. The number of benzene rings is 2. The van der Waals surface area contributed by atoms with E-state index in [-0.39, 0.29) is 22.6 Å². The van der Waals surface area contributed by atoms with Gasteiger partial charge in [-0.05, 0) is 42.8 Å². The zero-order valence-electron chi connectivity index (χ0n) is 13.7. The standard InChI is InChI=1S/C17H18O7S/c1-3-16(24-12-6-9-14(17(19)20)15(18)10-12)25(21,22)13-7-4-11(23-2)5-8-13/h4-10,16,18H,3H2,1-2H3,(H,19,20). The summed E-state index contributed by atoms with van der Waals surface area (Å²) in [6.07, 6.45) is 0.163. The number of carbonyl (C=O) groups is 1. The molecule has 2 rings (SSSR count). The van der Waals surface area contributed by atoms with Crippen LogP contribution in [-0.2, 0) is 9.84 Å². The second-order valence-electron chi connectivity index (χ2n) is 5.16. The van der Waals surface area contributed by atoms with E-state index >= 15 is 0 Å². The van der Waals surface area contributed by atoms with Crippen LogP contribution in [0.3, 0.4) is 0 Å². The molecule has 0 radical (unpaired) electrons. The first-order chi connectivity index (χ1) is 11.8. The number of sulfone groups is 1. The predicted octanol–water partition coefficient (Wildman–Crippen LogP) is 2.69. The summed E-state index contributed by atoms with van der Waals surface area (Å²) in [5.41, 5.74) is -1.48. The topological polar surface area (TPSA) is 110 Å². The first-order valence-corrected chi connectivity index (χ1v) is 8.95. The lowest BCUT2D eigenvalue weighted by Crippen LogP contribution is -2.27. The van der Waals surface area contributed by atoms with Gasteiger partial charge in [0.2, 0.25) is 15.3 Å². The lowest BCUT2D eigenvalue weighted by atomic mass is 10.2. The molecule has 8 heteroatoms. The van der Waals surface area contributed by atoms with Gasteiger partial charge in [0.25, 0.3) is 0 Å². The van der Waals surface area contributed by atoms with Crippen molar-refractivity contribution >= 4 is 15.8 Å². The molecular formula is C17H18O7S. The van der Waals surface area contributed by atoms with Crippen molar-refractivity contribution in [2.24, 2.45) is 0 Å². The fraction of sp³-hybridized carbons (Fsp3) is 0.235. The number of hydrogen-bond donors (Lipinski definition) is 2.